The quantitative estimate of drug-likeness (QED) is 0.190. The van der Waals surface area contributed by atoms with Gasteiger partial charge in [0, 0.05) is 0 Å². The molecule has 2 unspecified atom stereocenters. The summed E-state index contributed by atoms with van der Waals surface area (Å²) in [5, 5.41) is 0. The molecule has 0 heterocycles. The first-order valence-corrected chi connectivity index (χ1v) is 24.6. The van der Waals surface area contributed by atoms with Crippen molar-refractivity contribution in [1.29, 1.82) is 0 Å². The van der Waals surface area contributed by atoms with Crippen molar-refractivity contribution < 1.29 is 17.4 Å². The van der Waals surface area contributed by atoms with Crippen LogP contribution in [0.4, 0.5) is 0 Å². The molecule has 4 aromatic carbocycles. The first-order valence-electron chi connectivity index (χ1n) is 13.3. The van der Waals surface area contributed by atoms with E-state index in [1.165, 1.54) is 11.1 Å². The fourth-order valence-electron chi connectivity index (χ4n) is 7.61. The van der Waals surface area contributed by atoms with Crippen LogP contribution in [0.15, 0.2) is 120 Å². The molecule has 0 saturated heterocycles. The SMILES string of the molecule is CCC1=Cc2ccccc2[CH]1[Zr](=[SiH2])([c]1ccccc1)([c]1ccccc1)[CH]1C(CC)=Cc2ccccc21.Cl.Cl. The Kier molecular flexibility index (Phi) is 8.61. The van der Waals surface area contributed by atoms with Gasteiger partial charge in [-0.3, -0.25) is 0 Å². The van der Waals surface area contributed by atoms with E-state index < -0.39 is 17.4 Å². The Labute approximate surface area is 242 Å². The largest absolute Gasteiger partial charge is 0.147 e. The van der Waals surface area contributed by atoms with Gasteiger partial charge in [0.15, 0.2) is 0 Å². The average Bonchev–Trinajstić information content (AvgIpc) is 3.53. The van der Waals surface area contributed by atoms with Crippen molar-refractivity contribution in [2.45, 2.75) is 33.9 Å². The molecule has 0 nitrogen and oxygen atoms in total. The molecule has 0 aliphatic heterocycles. The fraction of sp³-hybridized carbons (Fsp3) is 0.176. The molecule has 0 saturated carbocycles. The van der Waals surface area contributed by atoms with Gasteiger partial charge in [-0.2, -0.15) is 0 Å². The van der Waals surface area contributed by atoms with E-state index >= 15 is 0 Å². The van der Waals surface area contributed by atoms with Crippen LogP contribution in [0.3, 0.4) is 0 Å². The Morgan fingerprint density at radius 3 is 1.24 bits per heavy atom. The molecule has 2 aliphatic rings. The Morgan fingerprint density at radius 2 is 0.868 bits per heavy atom. The second kappa shape index (κ2) is 11.3. The molecular weight excluding hydrogens is 599 g/mol. The minimum Gasteiger partial charge on any atom is -0.147 e. The van der Waals surface area contributed by atoms with E-state index in [4.69, 9.17) is 0 Å². The van der Waals surface area contributed by atoms with Gasteiger partial charge in [-0.1, -0.05) is 0 Å². The van der Waals surface area contributed by atoms with Crippen LogP contribution in [-0.4, -0.2) is 6.88 Å². The summed E-state index contributed by atoms with van der Waals surface area (Å²) in [6, 6.07) is 41.9. The summed E-state index contributed by atoms with van der Waals surface area (Å²) >= 11 is -4.35. The fourth-order valence-corrected chi connectivity index (χ4v) is 36.2. The van der Waals surface area contributed by atoms with Crippen molar-refractivity contribution in [2.75, 3.05) is 0 Å². The number of rotatable bonds is 6. The van der Waals surface area contributed by atoms with E-state index in [0.717, 1.165) is 12.8 Å². The number of hydrogen-bond donors (Lipinski definition) is 0. The molecule has 6 rings (SSSR count). The standard InChI is InChI=1S/2C11H11.2C6H5.2ClH.H2Si.Zr/c2*1-2-9-7-10-5-3-4-6-11(10)8-9;2*1-2-4-6-5-3-1;;;;/h2*3-8H,2H2,1H3;2*1-5H;2*1H;1H2;. The Balaban J connectivity index is 0.00000168. The molecule has 194 valence electrons. The van der Waals surface area contributed by atoms with Crippen LogP contribution >= 0.6 is 24.8 Å². The normalized spacial score (nSPS) is 17.9. The second-order valence-electron chi connectivity index (χ2n) is 10.6. The Hall–Kier alpha value is -1.96. The van der Waals surface area contributed by atoms with Gasteiger partial charge in [0.25, 0.3) is 0 Å². The second-order valence-corrected chi connectivity index (χ2v) is 33.3. The van der Waals surface area contributed by atoms with Crippen LogP contribution in [0.2, 0.25) is 0 Å². The van der Waals surface area contributed by atoms with Gasteiger partial charge >= 0.3 is 220 Å². The van der Waals surface area contributed by atoms with Gasteiger partial charge in [0.2, 0.25) is 0 Å². The van der Waals surface area contributed by atoms with E-state index in [1.54, 1.807) is 28.8 Å². The third-order valence-electron chi connectivity index (χ3n) is 9.08. The summed E-state index contributed by atoms with van der Waals surface area (Å²) in [6.07, 6.45) is 7.23. The third kappa shape index (κ3) is 4.03. The van der Waals surface area contributed by atoms with Crippen molar-refractivity contribution in [3.8, 4) is 0 Å². The molecule has 2 aliphatic carbocycles. The maximum Gasteiger partial charge on any atom is -0.147 e. The molecule has 0 spiro atoms. The molecule has 0 aromatic heterocycles. The molecule has 38 heavy (non-hydrogen) atoms. The van der Waals surface area contributed by atoms with Gasteiger partial charge in [0.05, 0.1) is 0 Å². The van der Waals surface area contributed by atoms with Crippen molar-refractivity contribution in [3.63, 3.8) is 0 Å². The third-order valence-corrected chi connectivity index (χ3v) is 36.9. The topological polar surface area (TPSA) is 0 Å². The predicted molar refractivity (Wildman–Crippen MR) is 170 cm³/mol. The number of allylic oxidation sites excluding steroid dienone is 2. The van der Waals surface area contributed by atoms with Gasteiger partial charge in [-0.05, 0) is 0 Å². The minimum atomic E-state index is -4.35. The summed E-state index contributed by atoms with van der Waals surface area (Å²) in [7, 11) is 0. The van der Waals surface area contributed by atoms with Crippen LogP contribution < -0.4 is 6.54 Å². The maximum absolute atomic E-state index is 4.35. The van der Waals surface area contributed by atoms with Gasteiger partial charge in [0.1, 0.15) is 0 Å². The first-order chi connectivity index (χ1) is 17.6. The molecule has 0 amide bonds. The summed E-state index contributed by atoms with van der Waals surface area (Å²) < 4.78 is 4.07. The van der Waals surface area contributed by atoms with Crippen LogP contribution in [0, 0.1) is 0 Å². The maximum atomic E-state index is 2.53. The van der Waals surface area contributed by atoms with E-state index in [9.17, 15) is 0 Å². The first kappa shape index (κ1) is 29.0. The molecule has 0 bridgehead atoms. The zero-order valence-electron chi connectivity index (χ0n) is 22.1. The zero-order valence-corrected chi connectivity index (χ0v) is 27.6. The van der Waals surface area contributed by atoms with E-state index in [1.807, 2.05) is 0 Å². The molecule has 4 heteroatoms. The van der Waals surface area contributed by atoms with Crippen LogP contribution in [0.25, 0.3) is 12.2 Å². The molecule has 4 aromatic rings. The predicted octanol–water partition coefficient (Wildman–Crippen LogP) is 7.82. The van der Waals surface area contributed by atoms with Gasteiger partial charge in [-0.25, -0.2) is 0 Å². The van der Waals surface area contributed by atoms with Gasteiger partial charge in [-0.15, -0.1) is 24.8 Å². The summed E-state index contributed by atoms with van der Waals surface area (Å²) in [6.45, 7) is 7.19. The smallest absolute Gasteiger partial charge is 0.147 e. The average molecular weight is 635 g/mol. The van der Waals surface area contributed by atoms with E-state index in [2.05, 4.69) is 142 Å². The number of fused-ring (bicyclic) bond motifs is 2. The van der Waals surface area contributed by atoms with Crippen LogP contribution in [0.5, 0.6) is 0 Å². The molecule has 2 atom stereocenters. The van der Waals surface area contributed by atoms with Crippen molar-refractivity contribution in [2.24, 2.45) is 0 Å². The molecule has 0 radical (unpaired) electrons. The van der Waals surface area contributed by atoms with E-state index in [0.29, 0.717) is 7.25 Å². The van der Waals surface area contributed by atoms with E-state index in [-0.39, 0.29) is 24.8 Å². The minimum absolute atomic E-state index is 0. The number of benzene rings is 4. The summed E-state index contributed by atoms with van der Waals surface area (Å²) in [4.78, 5) is 0. The number of hydrogen-bond acceptors (Lipinski definition) is 0. The monoisotopic (exact) mass is 632 g/mol. The van der Waals surface area contributed by atoms with Crippen LogP contribution in [0.1, 0.15) is 56.2 Å². The Bertz CT molecular complexity index is 1450. The van der Waals surface area contributed by atoms with Gasteiger partial charge < -0.3 is 0 Å². The van der Waals surface area contributed by atoms with Crippen molar-refractivity contribution in [3.05, 3.63) is 143 Å². The zero-order chi connectivity index (χ0) is 24.8. The van der Waals surface area contributed by atoms with Crippen molar-refractivity contribution >= 4 is 50.4 Å². The molecule has 0 N–H and O–H groups in total. The number of halogens is 2. The Morgan fingerprint density at radius 1 is 0.526 bits per heavy atom. The molecular formula is C34H36Cl2SiZr. The van der Waals surface area contributed by atoms with Crippen molar-refractivity contribution in [1.82, 2.24) is 0 Å². The summed E-state index contributed by atoms with van der Waals surface area (Å²) in [5.74, 6) is 0. The summed E-state index contributed by atoms with van der Waals surface area (Å²) in [5.41, 5.74) is 9.16. The van der Waals surface area contributed by atoms with Crippen LogP contribution in [-0.2, 0) is 17.4 Å². The molecule has 0 fully saturated rings.